The summed E-state index contributed by atoms with van der Waals surface area (Å²) >= 11 is 3.36. The monoisotopic (exact) mass is 197 g/mol. The second-order valence-electron chi connectivity index (χ2n) is 2.58. The maximum Gasteiger partial charge on any atom is 0.107 e. The number of hydrogen-bond donors (Lipinski definition) is 0. The molecule has 0 aromatic carbocycles. The van der Waals surface area contributed by atoms with Crippen LogP contribution < -0.4 is 0 Å². The Kier molecular flexibility index (Phi) is 1.49. The normalized spacial score (nSPS) is 23.1. The lowest BCUT2D eigenvalue weighted by Crippen LogP contribution is -2.01. The van der Waals surface area contributed by atoms with Crippen LogP contribution in [0.25, 0.3) is 0 Å². The van der Waals surface area contributed by atoms with Crippen molar-refractivity contribution in [1.29, 1.82) is 0 Å². The van der Waals surface area contributed by atoms with E-state index in [1.165, 1.54) is 24.1 Å². The zero-order chi connectivity index (χ0) is 6.97. The largest absolute Gasteiger partial charge is 0.245 e. The van der Waals surface area contributed by atoms with Gasteiger partial charge < -0.3 is 0 Å². The third kappa shape index (κ3) is 0.966. The summed E-state index contributed by atoms with van der Waals surface area (Å²) in [5.41, 5.74) is 2.59. The van der Waals surface area contributed by atoms with Crippen molar-refractivity contribution in [2.75, 3.05) is 0 Å². The van der Waals surface area contributed by atoms with Gasteiger partial charge >= 0.3 is 0 Å². The summed E-state index contributed by atoms with van der Waals surface area (Å²) in [6.45, 7) is 0. The summed E-state index contributed by atoms with van der Waals surface area (Å²) in [5.74, 6) is 0. The molecule has 0 aromatic rings. The fraction of sp³-hybridized carbons (Fsp3) is 0.375. The number of allylic oxidation sites excluding steroid dienone is 3. The predicted molar refractivity (Wildman–Crippen MR) is 46.4 cm³/mol. The van der Waals surface area contributed by atoms with Crippen molar-refractivity contribution >= 4 is 21.6 Å². The Bertz CT molecular complexity index is 248. The molecule has 0 saturated carbocycles. The van der Waals surface area contributed by atoms with Crippen LogP contribution in [-0.4, -0.2) is 5.71 Å². The Morgan fingerprint density at radius 1 is 1.50 bits per heavy atom. The van der Waals surface area contributed by atoms with Gasteiger partial charge in [-0.25, -0.2) is 4.99 Å². The molecule has 1 aliphatic carbocycles. The molecule has 0 spiro atoms. The molecule has 0 bridgehead atoms. The van der Waals surface area contributed by atoms with Crippen LogP contribution in [0.2, 0.25) is 0 Å². The summed E-state index contributed by atoms with van der Waals surface area (Å²) in [4.78, 5) is 4.34. The van der Waals surface area contributed by atoms with Gasteiger partial charge in [0, 0.05) is 5.71 Å². The first kappa shape index (κ1) is 6.35. The predicted octanol–water partition coefficient (Wildman–Crippen LogP) is 2.79. The molecule has 1 nitrogen and oxygen atoms in total. The number of hydrogen-bond acceptors (Lipinski definition) is 1. The minimum absolute atomic E-state index is 0.982. The lowest BCUT2D eigenvalue weighted by molar-refractivity contribution is 0.874. The highest BCUT2D eigenvalue weighted by molar-refractivity contribution is 9.11. The number of fused-ring (bicyclic) bond motifs is 1. The first-order chi connectivity index (χ1) is 4.86. The third-order valence-electron chi connectivity index (χ3n) is 1.83. The summed E-state index contributed by atoms with van der Waals surface area (Å²) < 4.78 is 0.982. The first-order valence-corrected chi connectivity index (χ1v) is 4.31. The molecule has 0 saturated heterocycles. The minimum Gasteiger partial charge on any atom is -0.245 e. The molecule has 0 radical (unpaired) electrons. The van der Waals surface area contributed by atoms with Gasteiger partial charge in [-0.3, -0.25) is 0 Å². The van der Waals surface area contributed by atoms with Crippen molar-refractivity contribution in [3.63, 3.8) is 0 Å². The van der Waals surface area contributed by atoms with Gasteiger partial charge in [0.1, 0.15) is 4.61 Å². The Morgan fingerprint density at radius 3 is 3.20 bits per heavy atom. The standard InChI is InChI=1S/C8H8BrN/c9-8-5-6-3-1-2-4-7(6)10-8/h3,5H,1-2,4H2. The summed E-state index contributed by atoms with van der Waals surface area (Å²) in [7, 11) is 0. The summed E-state index contributed by atoms with van der Waals surface area (Å²) in [6.07, 6.45) is 7.98. The van der Waals surface area contributed by atoms with Gasteiger partial charge in [0.05, 0.1) is 0 Å². The van der Waals surface area contributed by atoms with E-state index in [9.17, 15) is 0 Å². The van der Waals surface area contributed by atoms with Gasteiger partial charge in [0.2, 0.25) is 0 Å². The molecule has 0 amide bonds. The summed E-state index contributed by atoms with van der Waals surface area (Å²) in [6, 6.07) is 0. The molecule has 0 aromatic heterocycles. The minimum atomic E-state index is 0.982. The lowest BCUT2D eigenvalue weighted by Gasteiger charge is -2.06. The van der Waals surface area contributed by atoms with Crippen LogP contribution in [0.1, 0.15) is 19.3 Å². The Labute approximate surface area is 68.7 Å². The van der Waals surface area contributed by atoms with Crippen LogP contribution >= 0.6 is 15.9 Å². The van der Waals surface area contributed by atoms with E-state index in [2.05, 4.69) is 33.1 Å². The molecule has 0 N–H and O–H groups in total. The molecule has 1 aliphatic heterocycles. The molecule has 0 fully saturated rings. The number of nitrogens with zero attached hydrogens (tertiary/aromatic N) is 1. The maximum absolute atomic E-state index is 4.34. The van der Waals surface area contributed by atoms with E-state index in [1.54, 1.807) is 0 Å². The van der Waals surface area contributed by atoms with Crippen LogP contribution in [0.3, 0.4) is 0 Å². The fourth-order valence-corrected chi connectivity index (χ4v) is 1.80. The van der Waals surface area contributed by atoms with Gasteiger partial charge in [0.25, 0.3) is 0 Å². The molecule has 10 heavy (non-hydrogen) atoms. The number of rotatable bonds is 0. The molecular weight excluding hydrogens is 190 g/mol. The van der Waals surface area contributed by atoms with Crippen molar-refractivity contribution in [2.24, 2.45) is 4.99 Å². The van der Waals surface area contributed by atoms with Crippen LogP contribution in [0.15, 0.2) is 27.3 Å². The fourth-order valence-electron chi connectivity index (χ4n) is 1.34. The van der Waals surface area contributed by atoms with Gasteiger partial charge in [-0.15, -0.1) is 0 Å². The molecule has 2 aliphatic rings. The van der Waals surface area contributed by atoms with Gasteiger partial charge in [0.15, 0.2) is 0 Å². The highest BCUT2D eigenvalue weighted by atomic mass is 79.9. The maximum atomic E-state index is 4.34. The van der Waals surface area contributed by atoms with E-state index in [4.69, 9.17) is 0 Å². The van der Waals surface area contributed by atoms with Crippen molar-refractivity contribution in [3.05, 3.63) is 22.3 Å². The zero-order valence-electron chi connectivity index (χ0n) is 5.60. The Balaban J connectivity index is 2.39. The quantitative estimate of drug-likeness (QED) is 0.530. The van der Waals surface area contributed by atoms with Gasteiger partial charge in [-0.1, -0.05) is 6.08 Å². The average molecular weight is 198 g/mol. The molecule has 1 heterocycles. The smallest absolute Gasteiger partial charge is 0.107 e. The Morgan fingerprint density at radius 2 is 2.40 bits per heavy atom. The average Bonchev–Trinajstić information content (AvgIpc) is 2.27. The Hall–Kier alpha value is -0.370. The SMILES string of the molecule is BrC1=CC2=CCCCC2=N1. The second kappa shape index (κ2) is 2.35. The van der Waals surface area contributed by atoms with E-state index in [-0.39, 0.29) is 0 Å². The third-order valence-corrected chi connectivity index (χ3v) is 2.24. The van der Waals surface area contributed by atoms with Crippen molar-refractivity contribution in [2.45, 2.75) is 19.3 Å². The van der Waals surface area contributed by atoms with Crippen molar-refractivity contribution in [3.8, 4) is 0 Å². The number of halogens is 1. The lowest BCUT2D eigenvalue weighted by atomic mass is 9.99. The second-order valence-corrected chi connectivity index (χ2v) is 3.39. The van der Waals surface area contributed by atoms with Crippen molar-refractivity contribution < 1.29 is 0 Å². The molecule has 0 unspecified atom stereocenters. The zero-order valence-corrected chi connectivity index (χ0v) is 7.19. The molecule has 2 rings (SSSR count). The highest BCUT2D eigenvalue weighted by Gasteiger charge is 2.14. The van der Waals surface area contributed by atoms with E-state index in [1.807, 2.05) is 0 Å². The van der Waals surface area contributed by atoms with Gasteiger partial charge in [-0.2, -0.15) is 0 Å². The van der Waals surface area contributed by atoms with Crippen LogP contribution in [0, 0.1) is 0 Å². The van der Waals surface area contributed by atoms with Crippen LogP contribution in [-0.2, 0) is 0 Å². The molecule has 0 atom stereocenters. The van der Waals surface area contributed by atoms with Crippen LogP contribution in [0.5, 0.6) is 0 Å². The van der Waals surface area contributed by atoms with E-state index >= 15 is 0 Å². The van der Waals surface area contributed by atoms with E-state index in [0.717, 1.165) is 11.0 Å². The molecule has 52 valence electrons. The first-order valence-electron chi connectivity index (χ1n) is 3.51. The summed E-state index contributed by atoms with van der Waals surface area (Å²) in [5, 5.41) is 0. The van der Waals surface area contributed by atoms with Crippen LogP contribution in [0.4, 0.5) is 0 Å². The number of aliphatic imine (C=N–C) groups is 1. The molecule has 2 heteroatoms. The molecular formula is C8H8BrN. The van der Waals surface area contributed by atoms with E-state index < -0.39 is 0 Å². The van der Waals surface area contributed by atoms with Crippen molar-refractivity contribution in [1.82, 2.24) is 0 Å². The van der Waals surface area contributed by atoms with E-state index in [0.29, 0.717) is 0 Å². The van der Waals surface area contributed by atoms with Gasteiger partial charge in [-0.05, 0) is 46.8 Å². The topological polar surface area (TPSA) is 12.4 Å². The highest BCUT2D eigenvalue weighted by Crippen LogP contribution is 2.26.